The van der Waals surface area contributed by atoms with Crippen LogP contribution in [0.15, 0.2) is 109 Å². The summed E-state index contributed by atoms with van der Waals surface area (Å²) < 4.78 is 59.1. The van der Waals surface area contributed by atoms with Gasteiger partial charge in [-0.1, -0.05) is 149 Å². The summed E-state index contributed by atoms with van der Waals surface area (Å²) in [6.07, 6.45) is 48.3. The van der Waals surface area contributed by atoms with Gasteiger partial charge in [-0.05, 0) is 96.3 Å². The molecule has 1 heterocycles. The number of hydrogen-bond acceptors (Lipinski definition) is 11. The molecule has 6 unspecified atom stereocenters. The number of carbonyl (C=O) groups excluding carboxylic acids is 1. The van der Waals surface area contributed by atoms with E-state index in [1.54, 1.807) is 0 Å². The molecule has 0 saturated carbocycles. The van der Waals surface area contributed by atoms with Gasteiger partial charge in [-0.25, -0.2) is 4.18 Å². The Labute approximate surface area is 386 Å². The molecule has 0 amide bonds. The summed E-state index contributed by atoms with van der Waals surface area (Å²) in [6, 6.07) is 0. The van der Waals surface area contributed by atoms with Crippen molar-refractivity contribution in [2.45, 2.75) is 179 Å². The van der Waals surface area contributed by atoms with E-state index in [0.29, 0.717) is 13.0 Å². The second-order valence-corrected chi connectivity index (χ2v) is 16.6. The minimum absolute atomic E-state index is 0.000457. The second-order valence-electron chi connectivity index (χ2n) is 15.6. The van der Waals surface area contributed by atoms with Crippen LogP contribution in [0.2, 0.25) is 0 Å². The van der Waals surface area contributed by atoms with Gasteiger partial charge in [-0.3, -0.25) is 9.35 Å². The molecular formula is C51H82O12S. The fraction of sp³-hybridized carbons (Fsp3) is 0.627. The average Bonchev–Trinajstić information content (AvgIpc) is 3.27. The number of esters is 1. The molecule has 0 aliphatic carbocycles. The van der Waals surface area contributed by atoms with Gasteiger partial charge in [0.2, 0.25) is 0 Å². The van der Waals surface area contributed by atoms with E-state index in [2.05, 4.69) is 127 Å². The summed E-state index contributed by atoms with van der Waals surface area (Å²) in [5.74, 6) is -0.437. The van der Waals surface area contributed by atoms with Crippen LogP contribution in [0.4, 0.5) is 0 Å². The number of allylic oxidation sites excluding steroid dienone is 18. The van der Waals surface area contributed by atoms with Crippen LogP contribution in [0.1, 0.15) is 142 Å². The molecule has 4 N–H and O–H groups in total. The third-order valence-electron chi connectivity index (χ3n) is 9.89. The third kappa shape index (κ3) is 34.2. The molecule has 0 aromatic rings. The number of carbonyl (C=O) groups is 1. The first-order valence-electron chi connectivity index (χ1n) is 23.6. The van der Waals surface area contributed by atoms with Gasteiger partial charge in [0.15, 0.2) is 6.29 Å². The predicted molar refractivity (Wildman–Crippen MR) is 257 cm³/mol. The lowest BCUT2D eigenvalue weighted by atomic mass is 9.99. The van der Waals surface area contributed by atoms with Gasteiger partial charge in [0, 0.05) is 13.0 Å². The molecule has 1 rings (SSSR count). The Hall–Kier alpha value is -3.24. The van der Waals surface area contributed by atoms with Crippen LogP contribution < -0.4 is 0 Å². The first-order chi connectivity index (χ1) is 31.1. The molecule has 1 aliphatic rings. The fourth-order valence-electron chi connectivity index (χ4n) is 6.39. The smallest absolute Gasteiger partial charge is 0.397 e. The number of aliphatic hydroxyl groups excluding tert-OH is 3. The Balaban J connectivity index is 2.46. The average molecular weight is 919 g/mol. The molecule has 6 atom stereocenters. The minimum Gasteiger partial charge on any atom is -0.457 e. The van der Waals surface area contributed by atoms with Gasteiger partial charge in [0.1, 0.15) is 30.5 Å². The van der Waals surface area contributed by atoms with Gasteiger partial charge >= 0.3 is 16.4 Å². The normalized spacial score (nSPS) is 20.8. The van der Waals surface area contributed by atoms with Crippen molar-refractivity contribution in [1.29, 1.82) is 0 Å². The standard InChI is InChI=1S/C51H82O12S/c1-3-5-7-9-11-13-15-17-19-21-22-23-25-27-29-31-33-35-37-39-41-59-43-45(44-60-51-49(55)50(63-64(56,57)58)48(54)46(42-52)62-51)61-47(53)40-38-36-34-32-30-28-26-24-20-18-16-14-12-10-8-6-4-2/h5-8,11-14,17-20,22-23,26-29,45-46,48-52,54-55H,3-4,9-10,15-16,21,24-25,30-44H2,1-2H3,(H,56,57,58)/b7-5-,8-6-,13-11-,14-12-,19-17-,20-18-,23-22-,28-26-,29-27-. The maximum Gasteiger partial charge on any atom is 0.397 e. The molecule has 64 heavy (non-hydrogen) atoms. The van der Waals surface area contributed by atoms with Gasteiger partial charge in [-0.15, -0.1) is 0 Å². The van der Waals surface area contributed by atoms with Gasteiger partial charge in [0.05, 0.1) is 19.8 Å². The number of unbranched alkanes of at least 4 members (excludes halogenated alkanes) is 8. The van der Waals surface area contributed by atoms with E-state index in [0.717, 1.165) is 116 Å². The summed E-state index contributed by atoms with van der Waals surface area (Å²) in [7, 11) is -5.08. The summed E-state index contributed by atoms with van der Waals surface area (Å²) in [6.45, 7) is 3.64. The lowest BCUT2D eigenvalue weighted by Gasteiger charge is -2.41. The largest absolute Gasteiger partial charge is 0.457 e. The number of aliphatic hydroxyl groups is 3. The van der Waals surface area contributed by atoms with E-state index in [-0.39, 0.29) is 19.6 Å². The Morgan fingerprint density at radius 1 is 0.594 bits per heavy atom. The van der Waals surface area contributed by atoms with Gasteiger partial charge in [-0.2, -0.15) is 8.42 Å². The summed E-state index contributed by atoms with van der Waals surface area (Å²) in [5.41, 5.74) is 0. The van der Waals surface area contributed by atoms with Crippen molar-refractivity contribution in [3.63, 3.8) is 0 Å². The Morgan fingerprint density at radius 2 is 1.03 bits per heavy atom. The zero-order valence-corrected chi connectivity index (χ0v) is 39.6. The molecule has 0 aromatic heterocycles. The maximum absolute atomic E-state index is 12.9. The molecule has 0 radical (unpaired) electrons. The zero-order chi connectivity index (χ0) is 46.8. The van der Waals surface area contributed by atoms with Crippen LogP contribution in [0.5, 0.6) is 0 Å². The highest BCUT2D eigenvalue weighted by Crippen LogP contribution is 2.26. The topological polar surface area (TPSA) is 178 Å². The van der Waals surface area contributed by atoms with E-state index >= 15 is 0 Å². The molecular weight excluding hydrogens is 837 g/mol. The highest BCUT2D eigenvalue weighted by atomic mass is 32.3. The first kappa shape index (κ1) is 58.8. The van der Waals surface area contributed by atoms with E-state index in [4.69, 9.17) is 18.9 Å². The van der Waals surface area contributed by atoms with Crippen molar-refractivity contribution in [3.8, 4) is 0 Å². The highest BCUT2D eigenvalue weighted by Gasteiger charge is 2.48. The molecule has 13 heteroatoms. The summed E-state index contributed by atoms with van der Waals surface area (Å²) in [4.78, 5) is 12.9. The second kappa shape index (κ2) is 41.2. The van der Waals surface area contributed by atoms with Crippen LogP contribution >= 0.6 is 0 Å². The quantitative estimate of drug-likeness (QED) is 0.0199. The Bertz CT molecular complexity index is 1530. The van der Waals surface area contributed by atoms with Crippen LogP contribution in [0.3, 0.4) is 0 Å². The molecule has 0 bridgehead atoms. The molecule has 0 aromatic carbocycles. The summed E-state index contributed by atoms with van der Waals surface area (Å²) in [5, 5.41) is 30.7. The van der Waals surface area contributed by atoms with Crippen LogP contribution in [0, 0.1) is 0 Å². The van der Waals surface area contributed by atoms with E-state index in [1.807, 2.05) is 0 Å². The number of ether oxygens (including phenoxy) is 4. The molecule has 1 aliphatic heterocycles. The summed E-state index contributed by atoms with van der Waals surface area (Å²) >= 11 is 0. The van der Waals surface area contributed by atoms with Crippen molar-refractivity contribution >= 4 is 16.4 Å². The molecule has 12 nitrogen and oxygen atoms in total. The zero-order valence-electron chi connectivity index (χ0n) is 38.8. The predicted octanol–water partition coefficient (Wildman–Crippen LogP) is 10.4. The number of rotatable bonds is 39. The molecule has 1 saturated heterocycles. The monoisotopic (exact) mass is 919 g/mol. The third-order valence-corrected chi connectivity index (χ3v) is 10.4. The van der Waals surface area contributed by atoms with Crippen LogP contribution in [0.25, 0.3) is 0 Å². The molecule has 1 fully saturated rings. The Morgan fingerprint density at radius 3 is 1.48 bits per heavy atom. The highest BCUT2D eigenvalue weighted by molar-refractivity contribution is 7.80. The van der Waals surface area contributed by atoms with Crippen molar-refractivity contribution < 1.29 is 56.2 Å². The van der Waals surface area contributed by atoms with Crippen molar-refractivity contribution in [3.05, 3.63) is 109 Å². The van der Waals surface area contributed by atoms with Gasteiger partial charge < -0.3 is 34.3 Å². The van der Waals surface area contributed by atoms with E-state index < -0.39 is 59.8 Å². The fourth-order valence-corrected chi connectivity index (χ4v) is 6.90. The lowest BCUT2D eigenvalue weighted by molar-refractivity contribution is -0.301. The van der Waals surface area contributed by atoms with Crippen molar-refractivity contribution in [1.82, 2.24) is 0 Å². The van der Waals surface area contributed by atoms with Gasteiger partial charge in [0.25, 0.3) is 0 Å². The Kier molecular flexibility index (Phi) is 37.8. The SMILES string of the molecule is CC/C=C\C/C=C\C/C=C\C/C=C\C/C=C\CCCCCCOCC(COC1OC(CO)C(O)C(OS(=O)(=O)O)C1O)OC(=O)CCCCCC/C=C\C/C=C\C/C=C\C/C=C\CC. The van der Waals surface area contributed by atoms with Crippen LogP contribution in [-0.2, 0) is 38.3 Å². The molecule has 0 spiro atoms. The van der Waals surface area contributed by atoms with Crippen LogP contribution in [-0.4, -0.2) is 97.5 Å². The van der Waals surface area contributed by atoms with E-state index in [1.165, 1.54) is 0 Å². The van der Waals surface area contributed by atoms with Crippen molar-refractivity contribution in [2.75, 3.05) is 26.4 Å². The number of hydrogen-bond donors (Lipinski definition) is 4. The maximum atomic E-state index is 12.9. The van der Waals surface area contributed by atoms with Crippen molar-refractivity contribution in [2.24, 2.45) is 0 Å². The minimum atomic E-state index is -5.08. The first-order valence-corrected chi connectivity index (χ1v) is 25.0. The molecule has 364 valence electrons. The van der Waals surface area contributed by atoms with E-state index in [9.17, 15) is 33.1 Å². The lowest BCUT2D eigenvalue weighted by Crippen LogP contribution is -2.60.